The van der Waals surface area contributed by atoms with E-state index in [1.54, 1.807) is 25.2 Å². The minimum absolute atomic E-state index is 0.106. The fourth-order valence-electron chi connectivity index (χ4n) is 1.66. The van der Waals surface area contributed by atoms with Crippen LogP contribution in [0, 0.1) is 0 Å². The zero-order chi connectivity index (χ0) is 13.5. The molecular weight excluding hydrogens is 228 g/mol. The molecule has 100 valence electrons. The Morgan fingerprint density at radius 1 is 1.39 bits per heavy atom. The minimum atomic E-state index is -0.106. The lowest BCUT2D eigenvalue weighted by atomic mass is 10.1. The monoisotopic (exact) mass is 250 g/mol. The Balaban J connectivity index is 2.67. The number of hydrogen-bond acceptors (Lipinski definition) is 4. The van der Waals surface area contributed by atoms with Gasteiger partial charge in [0.05, 0.1) is 5.56 Å². The highest BCUT2D eigenvalue weighted by molar-refractivity contribution is 6.00. The van der Waals surface area contributed by atoms with Crippen molar-refractivity contribution in [1.29, 1.82) is 0 Å². The van der Waals surface area contributed by atoms with Crippen molar-refractivity contribution in [2.45, 2.75) is 6.42 Å². The molecule has 0 aliphatic rings. The molecule has 1 amide bonds. The number of anilines is 2. The molecule has 5 nitrogen and oxygen atoms in total. The third-order valence-corrected chi connectivity index (χ3v) is 2.61. The van der Waals surface area contributed by atoms with Crippen molar-refractivity contribution in [3.05, 3.63) is 23.8 Å². The summed E-state index contributed by atoms with van der Waals surface area (Å²) in [5.41, 5.74) is 7.80. The van der Waals surface area contributed by atoms with Gasteiger partial charge in [0.1, 0.15) is 0 Å². The first-order valence-electron chi connectivity index (χ1n) is 6.05. The summed E-state index contributed by atoms with van der Waals surface area (Å²) in [6.07, 6.45) is 1.01. The summed E-state index contributed by atoms with van der Waals surface area (Å²) in [7, 11) is 5.70. The third-order valence-electron chi connectivity index (χ3n) is 2.61. The van der Waals surface area contributed by atoms with E-state index in [9.17, 15) is 4.79 Å². The van der Waals surface area contributed by atoms with Crippen LogP contribution in [0.1, 0.15) is 16.8 Å². The Hall–Kier alpha value is -1.75. The number of nitrogen functional groups attached to an aromatic ring is 1. The molecule has 0 radical (unpaired) electrons. The van der Waals surface area contributed by atoms with E-state index in [-0.39, 0.29) is 5.91 Å². The van der Waals surface area contributed by atoms with Crippen LogP contribution in [0.15, 0.2) is 18.2 Å². The molecule has 0 heterocycles. The van der Waals surface area contributed by atoms with E-state index in [0.717, 1.165) is 25.2 Å². The topological polar surface area (TPSA) is 70.4 Å². The first-order valence-corrected chi connectivity index (χ1v) is 6.05. The predicted molar refractivity (Wildman–Crippen MR) is 75.9 cm³/mol. The summed E-state index contributed by atoms with van der Waals surface area (Å²) < 4.78 is 0. The predicted octanol–water partition coefficient (Wildman–Crippen LogP) is 0.992. The summed E-state index contributed by atoms with van der Waals surface area (Å²) in [5, 5.41) is 5.88. The van der Waals surface area contributed by atoms with Gasteiger partial charge in [0.2, 0.25) is 0 Å². The van der Waals surface area contributed by atoms with Crippen LogP contribution in [0.4, 0.5) is 11.4 Å². The van der Waals surface area contributed by atoms with Gasteiger partial charge in [-0.2, -0.15) is 0 Å². The maximum Gasteiger partial charge on any atom is 0.253 e. The van der Waals surface area contributed by atoms with Gasteiger partial charge in [-0.05, 0) is 45.3 Å². The van der Waals surface area contributed by atoms with Crippen molar-refractivity contribution < 1.29 is 4.79 Å². The molecule has 0 atom stereocenters. The quantitative estimate of drug-likeness (QED) is 0.520. The van der Waals surface area contributed by atoms with Gasteiger partial charge in [0, 0.05) is 25.0 Å². The third kappa shape index (κ3) is 4.25. The Morgan fingerprint density at radius 3 is 2.72 bits per heavy atom. The van der Waals surface area contributed by atoms with Crippen molar-refractivity contribution in [2.24, 2.45) is 0 Å². The average molecular weight is 250 g/mol. The molecule has 0 spiro atoms. The highest BCUT2D eigenvalue weighted by atomic mass is 16.1. The molecule has 0 aliphatic heterocycles. The largest absolute Gasteiger partial charge is 0.399 e. The van der Waals surface area contributed by atoms with Gasteiger partial charge >= 0.3 is 0 Å². The normalized spacial score (nSPS) is 10.4. The van der Waals surface area contributed by atoms with E-state index in [2.05, 4.69) is 15.5 Å². The van der Waals surface area contributed by atoms with Crippen molar-refractivity contribution in [3.8, 4) is 0 Å². The first-order chi connectivity index (χ1) is 8.54. The Morgan fingerprint density at radius 2 is 2.11 bits per heavy atom. The molecule has 0 saturated carbocycles. The molecule has 0 unspecified atom stereocenters. The van der Waals surface area contributed by atoms with Crippen LogP contribution in [-0.2, 0) is 0 Å². The number of hydrogen-bond donors (Lipinski definition) is 3. The fraction of sp³-hybridized carbons (Fsp3) is 0.462. The molecule has 1 rings (SSSR count). The molecule has 5 heteroatoms. The molecule has 0 saturated heterocycles. The van der Waals surface area contributed by atoms with E-state index in [0.29, 0.717) is 11.3 Å². The Bertz CT molecular complexity index is 404. The van der Waals surface area contributed by atoms with Crippen LogP contribution < -0.4 is 16.4 Å². The van der Waals surface area contributed by atoms with Gasteiger partial charge < -0.3 is 21.3 Å². The fourth-order valence-corrected chi connectivity index (χ4v) is 1.66. The van der Waals surface area contributed by atoms with Gasteiger partial charge in [0.15, 0.2) is 0 Å². The van der Waals surface area contributed by atoms with Crippen LogP contribution in [-0.4, -0.2) is 45.0 Å². The molecule has 0 aliphatic carbocycles. The Kier molecular flexibility index (Phi) is 5.45. The average Bonchev–Trinajstić information content (AvgIpc) is 2.33. The highest BCUT2D eigenvalue weighted by Gasteiger charge is 2.09. The van der Waals surface area contributed by atoms with Gasteiger partial charge in [0.25, 0.3) is 5.91 Å². The van der Waals surface area contributed by atoms with E-state index in [1.807, 2.05) is 14.1 Å². The maximum absolute atomic E-state index is 11.7. The van der Waals surface area contributed by atoms with Gasteiger partial charge in [-0.25, -0.2) is 0 Å². The first kappa shape index (κ1) is 14.3. The number of carbonyl (C=O) groups is 1. The summed E-state index contributed by atoms with van der Waals surface area (Å²) in [6, 6.07) is 5.26. The summed E-state index contributed by atoms with van der Waals surface area (Å²) >= 11 is 0. The summed E-state index contributed by atoms with van der Waals surface area (Å²) in [4.78, 5) is 13.8. The second-order valence-corrected chi connectivity index (χ2v) is 4.47. The molecule has 1 aromatic rings. The minimum Gasteiger partial charge on any atom is -0.399 e. The number of nitrogens with two attached hydrogens (primary N) is 1. The highest BCUT2D eigenvalue weighted by Crippen LogP contribution is 2.19. The van der Waals surface area contributed by atoms with Crippen LogP contribution in [0.5, 0.6) is 0 Å². The lowest BCUT2D eigenvalue weighted by Gasteiger charge is -2.13. The molecule has 18 heavy (non-hydrogen) atoms. The standard InChI is InChI=1S/C13H22N4O/c1-15-13(18)11-6-5-10(14)9-12(11)16-7-4-8-17(2)3/h5-6,9,16H,4,7-8,14H2,1-3H3,(H,15,18). The molecule has 1 aromatic carbocycles. The van der Waals surface area contributed by atoms with E-state index in [1.165, 1.54) is 0 Å². The second-order valence-electron chi connectivity index (χ2n) is 4.47. The number of nitrogens with one attached hydrogen (secondary N) is 2. The molecule has 4 N–H and O–H groups in total. The van der Waals surface area contributed by atoms with Crippen LogP contribution >= 0.6 is 0 Å². The second kappa shape index (κ2) is 6.86. The maximum atomic E-state index is 11.7. The van der Waals surface area contributed by atoms with Crippen LogP contribution in [0.25, 0.3) is 0 Å². The zero-order valence-electron chi connectivity index (χ0n) is 11.3. The number of amides is 1. The summed E-state index contributed by atoms with van der Waals surface area (Å²) in [5.74, 6) is -0.106. The number of carbonyl (C=O) groups excluding carboxylic acids is 1. The number of benzene rings is 1. The smallest absolute Gasteiger partial charge is 0.253 e. The van der Waals surface area contributed by atoms with Gasteiger partial charge in [-0.1, -0.05) is 0 Å². The van der Waals surface area contributed by atoms with Crippen molar-refractivity contribution >= 4 is 17.3 Å². The van der Waals surface area contributed by atoms with Crippen molar-refractivity contribution in [2.75, 3.05) is 45.3 Å². The molecule has 0 aromatic heterocycles. The zero-order valence-corrected chi connectivity index (χ0v) is 11.3. The molecule has 0 fully saturated rings. The van der Waals surface area contributed by atoms with E-state index >= 15 is 0 Å². The molecular formula is C13H22N4O. The SMILES string of the molecule is CNC(=O)c1ccc(N)cc1NCCCN(C)C. The van der Waals surface area contributed by atoms with E-state index < -0.39 is 0 Å². The van der Waals surface area contributed by atoms with E-state index in [4.69, 9.17) is 5.73 Å². The molecule has 0 bridgehead atoms. The van der Waals surface area contributed by atoms with Crippen molar-refractivity contribution in [3.63, 3.8) is 0 Å². The lowest BCUT2D eigenvalue weighted by Crippen LogP contribution is -2.21. The Labute approximate surface area is 108 Å². The lowest BCUT2D eigenvalue weighted by molar-refractivity contribution is 0.0964. The number of rotatable bonds is 6. The van der Waals surface area contributed by atoms with Crippen LogP contribution in [0.3, 0.4) is 0 Å². The van der Waals surface area contributed by atoms with Crippen LogP contribution in [0.2, 0.25) is 0 Å². The summed E-state index contributed by atoms with van der Waals surface area (Å²) in [6.45, 7) is 1.82. The van der Waals surface area contributed by atoms with Gasteiger partial charge in [-0.3, -0.25) is 4.79 Å². The van der Waals surface area contributed by atoms with Gasteiger partial charge in [-0.15, -0.1) is 0 Å². The van der Waals surface area contributed by atoms with Crippen molar-refractivity contribution in [1.82, 2.24) is 10.2 Å². The number of nitrogens with zero attached hydrogens (tertiary/aromatic N) is 1.